The van der Waals surface area contributed by atoms with Gasteiger partial charge in [-0.3, -0.25) is 4.79 Å². The van der Waals surface area contributed by atoms with Crippen LogP contribution in [0.2, 0.25) is 5.02 Å². The molecule has 0 bridgehead atoms. The van der Waals surface area contributed by atoms with Crippen molar-refractivity contribution in [2.45, 2.75) is 6.92 Å². The van der Waals surface area contributed by atoms with E-state index >= 15 is 0 Å². The Hall–Kier alpha value is -2.44. The maximum absolute atomic E-state index is 12.4. The van der Waals surface area contributed by atoms with Crippen LogP contribution in [-0.2, 0) is 4.79 Å². The number of rotatable bonds is 6. The van der Waals surface area contributed by atoms with E-state index in [0.29, 0.717) is 27.9 Å². The second-order valence-corrected chi connectivity index (χ2v) is 7.07. The first-order valence-electron chi connectivity index (χ1n) is 7.75. The Morgan fingerprint density at radius 3 is 2.48 bits per heavy atom. The zero-order valence-corrected chi connectivity index (χ0v) is 17.8. The number of carbonyl (C=O) groups is 1. The van der Waals surface area contributed by atoms with Crippen LogP contribution in [0.1, 0.15) is 5.56 Å². The van der Waals surface area contributed by atoms with Crippen molar-refractivity contribution < 1.29 is 14.3 Å². The summed E-state index contributed by atoms with van der Waals surface area (Å²) < 4.78 is 11.5. The van der Waals surface area contributed by atoms with Gasteiger partial charge in [0.05, 0.1) is 24.9 Å². The summed E-state index contributed by atoms with van der Waals surface area (Å²) in [6.45, 7) is 1.89. The van der Waals surface area contributed by atoms with Gasteiger partial charge >= 0.3 is 0 Å². The summed E-state index contributed by atoms with van der Waals surface area (Å²) in [7, 11) is 2.98. The fourth-order valence-electron chi connectivity index (χ4n) is 2.23. The van der Waals surface area contributed by atoms with Gasteiger partial charge in [-0.15, -0.1) is 0 Å². The summed E-state index contributed by atoms with van der Waals surface area (Å²) in [4.78, 5) is 12.4. The molecule has 2 aromatic carbocycles. The molecule has 0 fully saturated rings. The average molecular weight is 498 g/mol. The van der Waals surface area contributed by atoms with Crippen molar-refractivity contribution >= 4 is 51.5 Å². The number of carbonyl (C=O) groups excluding carboxylic acids is 1. The minimum Gasteiger partial charge on any atom is -0.495 e. The molecule has 1 amide bonds. The summed E-state index contributed by atoms with van der Waals surface area (Å²) in [6.07, 6.45) is 1.31. The van der Waals surface area contributed by atoms with Crippen LogP contribution in [0.25, 0.3) is 0 Å². The highest BCUT2D eigenvalue weighted by molar-refractivity contribution is 14.1. The summed E-state index contributed by atoms with van der Waals surface area (Å²) in [5.74, 6) is 0.364. The van der Waals surface area contributed by atoms with Crippen LogP contribution in [0.5, 0.6) is 11.5 Å². The third-order valence-electron chi connectivity index (χ3n) is 3.65. The number of aryl methyl sites for hydroxylation is 1. The topological polar surface area (TPSA) is 83.4 Å². The van der Waals surface area contributed by atoms with Gasteiger partial charge in [-0.05, 0) is 53.3 Å². The average Bonchev–Trinajstić information content (AvgIpc) is 2.65. The standard InChI is InChI=1S/C19H17ClIN3O3/c1-11-6-13(21)4-5-15(11)24-19(25)12(9-22)10-23-16-8-17(26-2)14(20)7-18(16)27-3/h4-8,10,23H,1-3H3,(H,24,25)/b12-10-. The first-order chi connectivity index (χ1) is 12.9. The number of benzene rings is 2. The molecule has 27 heavy (non-hydrogen) atoms. The summed E-state index contributed by atoms with van der Waals surface area (Å²) in [6, 6.07) is 10.7. The molecule has 0 aromatic heterocycles. The molecule has 2 aromatic rings. The number of nitriles is 1. The third kappa shape index (κ3) is 5.28. The summed E-state index contributed by atoms with van der Waals surface area (Å²) >= 11 is 8.26. The Morgan fingerprint density at radius 2 is 1.89 bits per heavy atom. The minimum absolute atomic E-state index is 0.0936. The molecular weight excluding hydrogens is 481 g/mol. The van der Waals surface area contributed by atoms with Crippen molar-refractivity contribution in [1.82, 2.24) is 0 Å². The fourth-order valence-corrected chi connectivity index (χ4v) is 3.11. The third-order valence-corrected chi connectivity index (χ3v) is 4.61. The number of methoxy groups -OCH3 is 2. The Morgan fingerprint density at radius 1 is 1.19 bits per heavy atom. The van der Waals surface area contributed by atoms with Crippen molar-refractivity contribution in [1.29, 1.82) is 5.26 Å². The number of hydrogen-bond donors (Lipinski definition) is 2. The summed E-state index contributed by atoms with van der Waals surface area (Å²) in [5, 5.41) is 15.4. The van der Waals surface area contributed by atoms with E-state index in [1.165, 1.54) is 20.4 Å². The highest BCUT2D eigenvalue weighted by Crippen LogP contribution is 2.35. The smallest absolute Gasteiger partial charge is 0.267 e. The van der Waals surface area contributed by atoms with Gasteiger partial charge in [-0.1, -0.05) is 11.6 Å². The number of nitrogens with one attached hydrogen (secondary N) is 2. The number of ether oxygens (including phenoxy) is 2. The van der Waals surface area contributed by atoms with Crippen molar-refractivity contribution in [2.75, 3.05) is 24.9 Å². The predicted molar refractivity (Wildman–Crippen MR) is 114 cm³/mol. The van der Waals surface area contributed by atoms with E-state index in [4.69, 9.17) is 21.1 Å². The lowest BCUT2D eigenvalue weighted by molar-refractivity contribution is -0.112. The number of anilines is 2. The van der Waals surface area contributed by atoms with Crippen molar-refractivity contribution in [3.8, 4) is 17.6 Å². The van der Waals surface area contributed by atoms with Gasteiger partial charge in [0.25, 0.3) is 5.91 Å². The summed E-state index contributed by atoms with van der Waals surface area (Å²) in [5.41, 5.74) is 1.96. The maximum Gasteiger partial charge on any atom is 0.267 e. The Kier molecular flexibility index (Phi) is 7.33. The molecule has 0 atom stereocenters. The van der Waals surface area contributed by atoms with Gasteiger partial charge in [0.2, 0.25) is 0 Å². The number of halogens is 2. The van der Waals surface area contributed by atoms with Crippen molar-refractivity contribution in [3.05, 3.63) is 56.3 Å². The number of hydrogen-bond acceptors (Lipinski definition) is 5. The molecule has 140 valence electrons. The molecule has 2 rings (SSSR count). The number of nitrogens with zero attached hydrogens (tertiary/aromatic N) is 1. The first-order valence-corrected chi connectivity index (χ1v) is 9.21. The van der Waals surface area contributed by atoms with E-state index in [0.717, 1.165) is 9.13 Å². The van der Waals surface area contributed by atoms with E-state index < -0.39 is 5.91 Å². The molecule has 8 heteroatoms. The van der Waals surface area contributed by atoms with E-state index in [-0.39, 0.29) is 5.57 Å². The van der Waals surface area contributed by atoms with Crippen molar-refractivity contribution in [3.63, 3.8) is 0 Å². The molecule has 0 spiro atoms. The molecule has 0 aliphatic rings. The van der Waals surface area contributed by atoms with Crippen LogP contribution in [0.3, 0.4) is 0 Å². The zero-order chi connectivity index (χ0) is 20.0. The first kappa shape index (κ1) is 20.9. The fraction of sp³-hybridized carbons (Fsp3) is 0.158. The van der Waals surface area contributed by atoms with Gasteiger partial charge in [0.15, 0.2) is 0 Å². The van der Waals surface area contributed by atoms with Gasteiger partial charge in [-0.2, -0.15) is 5.26 Å². The second kappa shape index (κ2) is 9.48. The Labute approximate surface area is 176 Å². The zero-order valence-electron chi connectivity index (χ0n) is 14.9. The molecule has 0 aliphatic heterocycles. The second-order valence-electron chi connectivity index (χ2n) is 5.41. The molecule has 2 N–H and O–H groups in total. The number of amides is 1. The van der Waals surface area contributed by atoms with Gasteiger partial charge in [0, 0.05) is 27.6 Å². The SMILES string of the molecule is COc1cc(N/C=C(/C#N)C(=O)Nc2ccc(I)cc2C)c(OC)cc1Cl. The van der Waals surface area contributed by atoms with Crippen LogP contribution in [0, 0.1) is 21.8 Å². The minimum atomic E-state index is -0.519. The van der Waals surface area contributed by atoms with E-state index in [1.54, 1.807) is 18.2 Å². The molecule has 0 aliphatic carbocycles. The van der Waals surface area contributed by atoms with Gasteiger partial charge in [0.1, 0.15) is 23.1 Å². The quantitative estimate of drug-likeness (QED) is 0.343. The van der Waals surface area contributed by atoms with E-state index in [9.17, 15) is 10.1 Å². The van der Waals surface area contributed by atoms with Crippen molar-refractivity contribution in [2.24, 2.45) is 0 Å². The molecule has 0 saturated carbocycles. The van der Waals surface area contributed by atoms with Crippen LogP contribution in [-0.4, -0.2) is 20.1 Å². The van der Waals surface area contributed by atoms with Crippen LogP contribution >= 0.6 is 34.2 Å². The van der Waals surface area contributed by atoms with Gasteiger partial charge in [-0.25, -0.2) is 0 Å². The van der Waals surface area contributed by atoms with Gasteiger partial charge < -0.3 is 20.1 Å². The Bertz CT molecular complexity index is 939. The molecule has 0 heterocycles. The predicted octanol–water partition coefficient (Wildman–Crippen LogP) is 4.73. The largest absolute Gasteiger partial charge is 0.495 e. The molecular formula is C19H17ClIN3O3. The highest BCUT2D eigenvalue weighted by Gasteiger charge is 2.13. The van der Waals surface area contributed by atoms with Crippen LogP contribution in [0.15, 0.2) is 42.1 Å². The molecule has 0 unspecified atom stereocenters. The van der Waals surface area contributed by atoms with E-state index in [2.05, 4.69) is 33.2 Å². The molecule has 6 nitrogen and oxygen atoms in total. The molecule has 0 radical (unpaired) electrons. The Balaban J connectivity index is 2.23. The van der Waals surface area contributed by atoms with Crippen LogP contribution in [0.4, 0.5) is 11.4 Å². The lowest BCUT2D eigenvalue weighted by Crippen LogP contribution is -2.15. The lowest BCUT2D eigenvalue weighted by atomic mass is 10.2. The highest BCUT2D eigenvalue weighted by atomic mass is 127. The monoisotopic (exact) mass is 497 g/mol. The molecule has 0 saturated heterocycles. The maximum atomic E-state index is 12.4. The normalized spacial score (nSPS) is 10.7. The van der Waals surface area contributed by atoms with E-state index in [1.807, 2.05) is 25.1 Å². The lowest BCUT2D eigenvalue weighted by Gasteiger charge is -2.12. The van der Waals surface area contributed by atoms with Crippen LogP contribution < -0.4 is 20.1 Å².